The maximum absolute atomic E-state index is 13.1. The second-order valence-corrected chi connectivity index (χ2v) is 7.21. The van der Waals surface area contributed by atoms with Gasteiger partial charge in [0, 0.05) is 21.2 Å². The van der Waals surface area contributed by atoms with Crippen molar-refractivity contribution in [2.75, 3.05) is 4.90 Å². The highest BCUT2D eigenvalue weighted by atomic mass is 35.5. The minimum atomic E-state index is -0.0247. The molecule has 0 fully saturated rings. The summed E-state index contributed by atoms with van der Waals surface area (Å²) in [5.41, 5.74) is 3.93. The predicted molar refractivity (Wildman–Crippen MR) is 102 cm³/mol. The molecule has 2 nitrogen and oxygen atoms in total. The van der Waals surface area contributed by atoms with E-state index in [0.29, 0.717) is 17.1 Å². The molecule has 0 radical (unpaired) electrons. The monoisotopic (exact) mass is 355 g/mol. The molecule has 0 bridgehead atoms. The first-order valence-corrected chi connectivity index (χ1v) is 8.97. The molecule has 0 N–H and O–H groups in total. The standard InChI is InChI=1S/C20H18ClNOS/c1-14-5-10-18(12-15(14)2)22(13-19-4-3-11-24-19)20(23)16-6-8-17(21)9-7-16/h3-12H,13H2,1-2H3. The van der Waals surface area contributed by atoms with Gasteiger partial charge in [0.25, 0.3) is 5.91 Å². The van der Waals surface area contributed by atoms with Crippen molar-refractivity contribution in [1.29, 1.82) is 0 Å². The van der Waals surface area contributed by atoms with Crippen LogP contribution in [0.3, 0.4) is 0 Å². The first-order valence-electron chi connectivity index (χ1n) is 7.71. The van der Waals surface area contributed by atoms with E-state index in [9.17, 15) is 4.79 Å². The van der Waals surface area contributed by atoms with Crippen molar-refractivity contribution in [3.63, 3.8) is 0 Å². The van der Waals surface area contributed by atoms with Crippen LogP contribution in [0.4, 0.5) is 5.69 Å². The van der Waals surface area contributed by atoms with E-state index < -0.39 is 0 Å². The Kier molecular flexibility index (Phi) is 5.03. The molecular formula is C20H18ClNOS. The highest BCUT2D eigenvalue weighted by Gasteiger charge is 2.19. The van der Waals surface area contributed by atoms with Gasteiger partial charge < -0.3 is 4.90 Å². The Hall–Kier alpha value is -2.10. The molecule has 0 saturated heterocycles. The van der Waals surface area contributed by atoms with E-state index in [1.54, 1.807) is 35.6 Å². The summed E-state index contributed by atoms with van der Waals surface area (Å²) < 4.78 is 0. The van der Waals surface area contributed by atoms with Gasteiger partial charge in [-0.1, -0.05) is 23.7 Å². The van der Waals surface area contributed by atoms with Crippen molar-refractivity contribution in [3.8, 4) is 0 Å². The lowest BCUT2D eigenvalue weighted by Gasteiger charge is -2.23. The molecule has 122 valence electrons. The molecule has 1 heterocycles. The topological polar surface area (TPSA) is 20.3 Å². The number of carbonyl (C=O) groups is 1. The van der Waals surface area contributed by atoms with Crippen molar-refractivity contribution in [3.05, 3.63) is 86.6 Å². The normalized spacial score (nSPS) is 10.6. The van der Waals surface area contributed by atoms with Crippen LogP contribution >= 0.6 is 22.9 Å². The summed E-state index contributed by atoms with van der Waals surface area (Å²) in [6.07, 6.45) is 0. The van der Waals surface area contributed by atoms with E-state index >= 15 is 0 Å². The third-order valence-electron chi connectivity index (χ3n) is 4.03. The first kappa shape index (κ1) is 16.7. The van der Waals surface area contributed by atoms with E-state index in [-0.39, 0.29) is 5.91 Å². The van der Waals surface area contributed by atoms with Crippen molar-refractivity contribution in [2.24, 2.45) is 0 Å². The zero-order valence-corrected chi connectivity index (χ0v) is 15.2. The van der Waals surface area contributed by atoms with E-state index in [0.717, 1.165) is 10.6 Å². The lowest BCUT2D eigenvalue weighted by molar-refractivity contribution is 0.0985. The predicted octanol–water partition coefficient (Wildman–Crippen LogP) is 5.87. The molecule has 0 spiro atoms. The molecule has 4 heteroatoms. The third kappa shape index (κ3) is 3.69. The van der Waals surface area contributed by atoms with Crippen LogP contribution in [0.15, 0.2) is 60.0 Å². The van der Waals surface area contributed by atoms with Gasteiger partial charge in [-0.25, -0.2) is 0 Å². The molecule has 1 amide bonds. The van der Waals surface area contributed by atoms with Gasteiger partial charge in [0.2, 0.25) is 0 Å². The number of hydrogen-bond acceptors (Lipinski definition) is 2. The maximum Gasteiger partial charge on any atom is 0.258 e. The highest BCUT2D eigenvalue weighted by Crippen LogP contribution is 2.25. The molecule has 24 heavy (non-hydrogen) atoms. The van der Waals surface area contributed by atoms with Gasteiger partial charge in [-0.05, 0) is 72.8 Å². The van der Waals surface area contributed by atoms with Crippen LogP contribution in [-0.4, -0.2) is 5.91 Å². The zero-order valence-electron chi connectivity index (χ0n) is 13.6. The van der Waals surface area contributed by atoms with Crippen LogP contribution in [0.5, 0.6) is 0 Å². The van der Waals surface area contributed by atoms with Gasteiger partial charge in [-0.3, -0.25) is 4.79 Å². The number of rotatable bonds is 4. The third-order valence-corrected chi connectivity index (χ3v) is 5.15. The van der Waals surface area contributed by atoms with E-state index in [1.165, 1.54) is 11.1 Å². The summed E-state index contributed by atoms with van der Waals surface area (Å²) in [5, 5.41) is 2.66. The number of amides is 1. The van der Waals surface area contributed by atoms with Crippen LogP contribution in [0.2, 0.25) is 5.02 Å². The molecule has 0 unspecified atom stereocenters. The second kappa shape index (κ2) is 7.20. The van der Waals surface area contributed by atoms with Crippen LogP contribution in [-0.2, 0) is 6.54 Å². The number of carbonyl (C=O) groups excluding carboxylic acids is 1. The number of nitrogens with zero attached hydrogens (tertiary/aromatic N) is 1. The van der Waals surface area contributed by atoms with Crippen molar-refractivity contribution >= 4 is 34.5 Å². The molecule has 0 aliphatic heterocycles. The maximum atomic E-state index is 13.1. The zero-order chi connectivity index (χ0) is 17.1. The molecule has 0 atom stereocenters. The Morgan fingerprint density at radius 3 is 2.42 bits per heavy atom. The van der Waals surface area contributed by atoms with Gasteiger partial charge in [-0.15, -0.1) is 11.3 Å². The van der Waals surface area contributed by atoms with Gasteiger partial charge in [0.1, 0.15) is 0 Å². The number of anilines is 1. The highest BCUT2D eigenvalue weighted by molar-refractivity contribution is 7.09. The summed E-state index contributed by atoms with van der Waals surface area (Å²) in [6, 6.07) is 17.2. The quantitative estimate of drug-likeness (QED) is 0.573. The SMILES string of the molecule is Cc1ccc(N(Cc2cccs2)C(=O)c2ccc(Cl)cc2)cc1C. The fourth-order valence-electron chi connectivity index (χ4n) is 2.48. The van der Waals surface area contributed by atoms with Crippen LogP contribution < -0.4 is 4.90 Å². The average molecular weight is 356 g/mol. The van der Waals surface area contributed by atoms with Crippen LogP contribution in [0, 0.1) is 13.8 Å². The number of halogens is 1. The summed E-state index contributed by atoms with van der Waals surface area (Å²) in [4.78, 5) is 16.0. The largest absolute Gasteiger partial charge is 0.303 e. The van der Waals surface area contributed by atoms with E-state index in [1.807, 2.05) is 28.5 Å². The van der Waals surface area contributed by atoms with E-state index in [2.05, 4.69) is 26.0 Å². The molecule has 0 aliphatic rings. The summed E-state index contributed by atoms with van der Waals surface area (Å²) in [6.45, 7) is 4.69. The average Bonchev–Trinajstić information content (AvgIpc) is 3.09. The summed E-state index contributed by atoms with van der Waals surface area (Å²) in [7, 11) is 0. The fraction of sp³-hybridized carbons (Fsp3) is 0.150. The summed E-state index contributed by atoms with van der Waals surface area (Å²) in [5.74, 6) is -0.0247. The number of thiophene rings is 1. The van der Waals surface area contributed by atoms with E-state index in [4.69, 9.17) is 11.6 Å². The Morgan fingerprint density at radius 2 is 1.79 bits per heavy atom. The molecule has 0 saturated carbocycles. The molecule has 3 aromatic rings. The number of hydrogen-bond donors (Lipinski definition) is 0. The lowest BCUT2D eigenvalue weighted by atomic mass is 10.1. The van der Waals surface area contributed by atoms with Gasteiger partial charge >= 0.3 is 0 Å². The molecule has 0 aliphatic carbocycles. The van der Waals surface area contributed by atoms with Crippen LogP contribution in [0.1, 0.15) is 26.4 Å². The summed E-state index contributed by atoms with van der Waals surface area (Å²) >= 11 is 7.60. The Morgan fingerprint density at radius 1 is 1.04 bits per heavy atom. The lowest BCUT2D eigenvalue weighted by Crippen LogP contribution is -2.30. The minimum Gasteiger partial charge on any atom is -0.303 e. The minimum absolute atomic E-state index is 0.0247. The van der Waals surface area contributed by atoms with Gasteiger partial charge in [-0.2, -0.15) is 0 Å². The first-order chi connectivity index (χ1) is 11.5. The fourth-order valence-corrected chi connectivity index (χ4v) is 3.30. The molecular weight excluding hydrogens is 338 g/mol. The van der Waals surface area contributed by atoms with Gasteiger partial charge in [0.05, 0.1) is 6.54 Å². The van der Waals surface area contributed by atoms with Crippen molar-refractivity contribution < 1.29 is 4.79 Å². The van der Waals surface area contributed by atoms with Crippen molar-refractivity contribution in [2.45, 2.75) is 20.4 Å². The molecule has 1 aromatic heterocycles. The number of aryl methyl sites for hydroxylation is 2. The Labute approximate surface area is 151 Å². The smallest absolute Gasteiger partial charge is 0.258 e. The molecule has 3 rings (SSSR count). The Bertz CT molecular complexity index is 841. The second-order valence-electron chi connectivity index (χ2n) is 5.75. The van der Waals surface area contributed by atoms with Crippen molar-refractivity contribution in [1.82, 2.24) is 0 Å². The Balaban J connectivity index is 1.98. The van der Waals surface area contributed by atoms with Crippen LogP contribution in [0.25, 0.3) is 0 Å². The molecule has 2 aromatic carbocycles. The number of benzene rings is 2. The van der Waals surface area contributed by atoms with Gasteiger partial charge in [0.15, 0.2) is 0 Å².